The van der Waals surface area contributed by atoms with Gasteiger partial charge in [0.2, 0.25) is 0 Å². The van der Waals surface area contributed by atoms with Crippen molar-refractivity contribution in [3.05, 3.63) is 23.8 Å². The quantitative estimate of drug-likeness (QED) is 0.404. The van der Waals surface area contributed by atoms with Crippen molar-refractivity contribution in [1.29, 1.82) is 0 Å². The van der Waals surface area contributed by atoms with E-state index in [1.54, 1.807) is 0 Å². The van der Waals surface area contributed by atoms with Crippen LogP contribution in [0.5, 0.6) is 0 Å². The summed E-state index contributed by atoms with van der Waals surface area (Å²) in [5.74, 6) is 0. The largest absolute Gasteiger partial charge is 0.303 e. The SMILES string of the molecule is CC(C)=C/C=C/C(C)(S)CC=O. The summed E-state index contributed by atoms with van der Waals surface area (Å²) in [7, 11) is 0. The van der Waals surface area contributed by atoms with E-state index in [0.717, 1.165) is 6.29 Å². The second-order valence-electron chi connectivity index (χ2n) is 3.33. The van der Waals surface area contributed by atoms with Crippen LogP contribution in [0.1, 0.15) is 27.2 Å². The van der Waals surface area contributed by atoms with Crippen molar-refractivity contribution < 1.29 is 4.79 Å². The normalized spacial score (nSPS) is 15.7. The fraction of sp³-hybridized carbons (Fsp3) is 0.500. The van der Waals surface area contributed by atoms with Crippen LogP contribution in [-0.2, 0) is 4.79 Å². The Balaban J connectivity index is 4.13. The van der Waals surface area contributed by atoms with E-state index in [4.69, 9.17) is 0 Å². The van der Waals surface area contributed by atoms with E-state index in [-0.39, 0.29) is 4.75 Å². The highest BCUT2D eigenvalue weighted by Crippen LogP contribution is 2.18. The lowest BCUT2D eigenvalue weighted by molar-refractivity contribution is -0.108. The topological polar surface area (TPSA) is 17.1 Å². The first-order chi connectivity index (χ1) is 5.48. The molecule has 0 aliphatic rings. The number of allylic oxidation sites excluding steroid dienone is 3. The summed E-state index contributed by atoms with van der Waals surface area (Å²) in [4.78, 5) is 10.2. The van der Waals surface area contributed by atoms with Gasteiger partial charge < -0.3 is 4.79 Å². The number of carbonyl (C=O) groups excluding carboxylic acids is 1. The minimum Gasteiger partial charge on any atom is -0.303 e. The van der Waals surface area contributed by atoms with Gasteiger partial charge in [0.25, 0.3) is 0 Å². The molecule has 0 heterocycles. The number of hydrogen-bond donors (Lipinski definition) is 1. The third-order valence-electron chi connectivity index (χ3n) is 1.38. The molecule has 0 aliphatic carbocycles. The molecule has 12 heavy (non-hydrogen) atoms. The molecule has 0 saturated heterocycles. The fourth-order valence-corrected chi connectivity index (χ4v) is 0.845. The van der Waals surface area contributed by atoms with Crippen molar-refractivity contribution >= 4 is 18.9 Å². The van der Waals surface area contributed by atoms with Crippen molar-refractivity contribution in [3.8, 4) is 0 Å². The van der Waals surface area contributed by atoms with E-state index in [1.807, 2.05) is 39.0 Å². The Morgan fingerprint density at radius 1 is 1.50 bits per heavy atom. The highest BCUT2D eigenvalue weighted by Gasteiger charge is 2.12. The summed E-state index contributed by atoms with van der Waals surface area (Å²) in [5, 5.41) is 0. The molecule has 68 valence electrons. The first-order valence-electron chi connectivity index (χ1n) is 3.97. The zero-order chi connectivity index (χ0) is 9.61. The second-order valence-corrected chi connectivity index (χ2v) is 4.35. The zero-order valence-corrected chi connectivity index (χ0v) is 8.77. The number of aldehydes is 1. The molecule has 0 radical (unpaired) electrons. The van der Waals surface area contributed by atoms with Gasteiger partial charge in [0.15, 0.2) is 0 Å². The van der Waals surface area contributed by atoms with Crippen LogP contribution in [0.4, 0.5) is 0 Å². The van der Waals surface area contributed by atoms with Gasteiger partial charge >= 0.3 is 0 Å². The molecule has 0 amide bonds. The summed E-state index contributed by atoms with van der Waals surface area (Å²) in [6.07, 6.45) is 7.20. The van der Waals surface area contributed by atoms with Gasteiger partial charge in [0.1, 0.15) is 6.29 Å². The molecule has 0 aromatic rings. The van der Waals surface area contributed by atoms with Gasteiger partial charge in [0, 0.05) is 11.2 Å². The van der Waals surface area contributed by atoms with Crippen LogP contribution >= 0.6 is 12.6 Å². The van der Waals surface area contributed by atoms with E-state index in [9.17, 15) is 4.79 Å². The fourth-order valence-electron chi connectivity index (χ4n) is 0.685. The summed E-state index contributed by atoms with van der Waals surface area (Å²) in [5.41, 5.74) is 1.24. The molecule has 0 aromatic heterocycles. The summed E-state index contributed by atoms with van der Waals surface area (Å²) in [6, 6.07) is 0. The minimum absolute atomic E-state index is 0.312. The maximum atomic E-state index is 10.2. The first-order valence-corrected chi connectivity index (χ1v) is 4.41. The Hall–Kier alpha value is -0.500. The molecule has 0 bridgehead atoms. The van der Waals surface area contributed by atoms with Gasteiger partial charge in [-0.15, -0.1) is 0 Å². The predicted molar refractivity (Wildman–Crippen MR) is 56.6 cm³/mol. The van der Waals surface area contributed by atoms with Gasteiger partial charge in [-0.05, 0) is 20.8 Å². The average Bonchev–Trinajstić information content (AvgIpc) is 1.85. The molecule has 1 nitrogen and oxygen atoms in total. The average molecular weight is 184 g/mol. The molecule has 0 spiro atoms. The molecule has 2 heteroatoms. The predicted octanol–water partition coefficient (Wildman–Crippen LogP) is 2.79. The van der Waals surface area contributed by atoms with Crippen molar-refractivity contribution in [2.45, 2.75) is 31.9 Å². The maximum Gasteiger partial charge on any atom is 0.121 e. The summed E-state index contributed by atoms with van der Waals surface area (Å²) >= 11 is 4.32. The molecule has 0 N–H and O–H groups in total. The molecule has 0 fully saturated rings. The van der Waals surface area contributed by atoms with Crippen molar-refractivity contribution in [1.82, 2.24) is 0 Å². The molecular formula is C10H16OS. The van der Waals surface area contributed by atoms with Gasteiger partial charge in [-0.1, -0.05) is 23.8 Å². The monoisotopic (exact) mass is 184 g/mol. The Morgan fingerprint density at radius 3 is 2.50 bits per heavy atom. The van der Waals surface area contributed by atoms with Crippen LogP contribution in [-0.4, -0.2) is 11.0 Å². The maximum absolute atomic E-state index is 10.2. The Kier molecular flexibility index (Phi) is 4.98. The van der Waals surface area contributed by atoms with E-state index in [0.29, 0.717) is 6.42 Å². The van der Waals surface area contributed by atoms with E-state index in [1.165, 1.54) is 5.57 Å². The van der Waals surface area contributed by atoms with E-state index < -0.39 is 0 Å². The first kappa shape index (κ1) is 11.5. The van der Waals surface area contributed by atoms with Gasteiger partial charge in [-0.2, -0.15) is 12.6 Å². The lowest BCUT2D eigenvalue weighted by Crippen LogP contribution is -2.12. The van der Waals surface area contributed by atoms with Crippen LogP contribution in [0.25, 0.3) is 0 Å². The molecule has 0 saturated carbocycles. The third kappa shape index (κ3) is 6.23. The number of carbonyl (C=O) groups is 1. The standard InChI is InChI=1S/C10H16OS/c1-9(2)5-4-6-10(3,12)7-8-11/h4-6,8,12H,7H2,1-3H3/b6-4+. The van der Waals surface area contributed by atoms with Crippen LogP contribution < -0.4 is 0 Å². The molecular weight excluding hydrogens is 168 g/mol. The van der Waals surface area contributed by atoms with Crippen LogP contribution in [0.2, 0.25) is 0 Å². The number of rotatable bonds is 4. The van der Waals surface area contributed by atoms with Gasteiger partial charge in [-0.3, -0.25) is 0 Å². The van der Waals surface area contributed by atoms with Crippen molar-refractivity contribution in [2.75, 3.05) is 0 Å². The minimum atomic E-state index is -0.312. The Morgan fingerprint density at radius 2 is 2.08 bits per heavy atom. The molecule has 0 aromatic carbocycles. The Labute approximate surface area is 80.0 Å². The van der Waals surface area contributed by atoms with Crippen molar-refractivity contribution in [3.63, 3.8) is 0 Å². The number of thiol groups is 1. The molecule has 0 aliphatic heterocycles. The second kappa shape index (κ2) is 5.20. The van der Waals surface area contributed by atoms with Crippen LogP contribution in [0, 0.1) is 0 Å². The summed E-state index contributed by atoms with van der Waals surface area (Å²) < 4.78 is -0.312. The van der Waals surface area contributed by atoms with E-state index >= 15 is 0 Å². The third-order valence-corrected chi connectivity index (χ3v) is 1.71. The molecule has 0 rings (SSSR count). The smallest absolute Gasteiger partial charge is 0.121 e. The lowest BCUT2D eigenvalue weighted by atomic mass is 10.1. The van der Waals surface area contributed by atoms with Crippen molar-refractivity contribution in [2.24, 2.45) is 0 Å². The number of hydrogen-bond acceptors (Lipinski definition) is 2. The summed E-state index contributed by atoms with van der Waals surface area (Å²) in [6.45, 7) is 5.97. The highest BCUT2D eigenvalue weighted by molar-refractivity contribution is 7.82. The highest BCUT2D eigenvalue weighted by atomic mass is 32.1. The van der Waals surface area contributed by atoms with Crippen LogP contribution in [0.15, 0.2) is 23.8 Å². The zero-order valence-electron chi connectivity index (χ0n) is 7.87. The van der Waals surface area contributed by atoms with Crippen LogP contribution in [0.3, 0.4) is 0 Å². The molecule has 1 atom stereocenters. The van der Waals surface area contributed by atoms with E-state index in [2.05, 4.69) is 12.6 Å². The Bertz CT molecular complexity index is 198. The molecule has 1 unspecified atom stereocenters. The lowest BCUT2D eigenvalue weighted by Gasteiger charge is -2.13. The van der Waals surface area contributed by atoms with Gasteiger partial charge in [0.05, 0.1) is 0 Å². The van der Waals surface area contributed by atoms with Gasteiger partial charge in [-0.25, -0.2) is 0 Å².